The second-order valence-corrected chi connectivity index (χ2v) is 19.5. The van der Waals surface area contributed by atoms with E-state index in [1.807, 2.05) is 0 Å². The molecule has 0 rings (SSSR count). The summed E-state index contributed by atoms with van der Waals surface area (Å²) >= 11 is 0. The average molecular weight is 940 g/mol. The van der Waals surface area contributed by atoms with E-state index in [-0.39, 0.29) is 31.1 Å². The van der Waals surface area contributed by atoms with Crippen LogP contribution in [-0.4, -0.2) is 37.2 Å². The zero-order valence-electron chi connectivity index (χ0n) is 44.7. The van der Waals surface area contributed by atoms with Gasteiger partial charge in [-0.05, 0) is 57.8 Å². The molecule has 0 heterocycles. The van der Waals surface area contributed by atoms with E-state index >= 15 is 0 Å². The van der Waals surface area contributed by atoms with Gasteiger partial charge in [-0.3, -0.25) is 14.4 Å². The predicted octanol–water partition coefficient (Wildman–Crippen LogP) is 19.4. The lowest BCUT2D eigenvalue weighted by atomic mass is 10.0. The highest BCUT2D eigenvalue weighted by Gasteiger charge is 2.19. The molecule has 0 amide bonds. The van der Waals surface area contributed by atoms with Crippen LogP contribution in [0, 0.1) is 0 Å². The van der Waals surface area contributed by atoms with Gasteiger partial charge < -0.3 is 14.2 Å². The third-order valence-electron chi connectivity index (χ3n) is 12.8. The highest BCUT2D eigenvalue weighted by molar-refractivity contribution is 5.71. The summed E-state index contributed by atoms with van der Waals surface area (Å²) in [5.74, 6) is -0.859. The molecule has 390 valence electrons. The number of hydrogen-bond acceptors (Lipinski definition) is 6. The van der Waals surface area contributed by atoms with Gasteiger partial charge in [-0.2, -0.15) is 0 Å². The van der Waals surface area contributed by atoms with E-state index in [9.17, 15) is 14.4 Å². The van der Waals surface area contributed by atoms with Crippen LogP contribution in [0.5, 0.6) is 0 Å². The predicted molar refractivity (Wildman–Crippen MR) is 289 cm³/mol. The van der Waals surface area contributed by atoms with Crippen LogP contribution in [-0.2, 0) is 28.6 Å². The quantitative estimate of drug-likeness (QED) is 0.0262. The molecule has 6 heteroatoms. The SMILES string of the molecule is CC/C=C\C/C=C\C/C=C\C/C=C\CCCCCCCCCCCCCCCCCCCCC(=O)OCC(COC(=O)CCCCCCCCCCC)OC(=O)CCCCCCCCCCC. The molecule has 0 aromatic heterocycles. The molecule has 0 saturated heterocycles. The zero-order chi connectivity index (χ0) is 48.6. The first-order valence-corrected chi connectivity index (χ1v) is 29.1. The molecule has 0 aliphatic heterocycles. The molecular weight excluding hydrogens is 829 g/mol. The summed E-state index contributed by atoms with van der Waals surface area (Å²) < 4.78 is 16.8. The van der Waals surface area contributed by atoms with Gasteiger partial charge in [0.05, 0.1) is 0 Å². The van der Waals surface area contributed by atoms with E-state index in [0.717, 1.165) is 83.5 Å². The Hall–Kier alpha value is -2.63. The van der Waals surface area contributed by atoms with Gasteiger partial charge in [0.25, 0.3) is 0 Å². The number of allylic oxidation sites excluding steroid dienone is 8. The van der Waals surface area contributed by atoms with Gasteiger partial charge in [-0.1, -0.05) is 275 Å². The van der Waals surface area contributed by atoms with Crippen LogP contribution in [0.1, 0.15) is 303 Å². The molecule has 0 aliphatic rings. The lowest BCUT2D eigenvalue weighted by molar-refractivity contribution is -0.167. The van der Waals surface area contributed by atoms with Crippen LogP contribution >= 0.6 is 0 Å². The smallest absolute Gasteiger partial charge is 0.306 e. The molecule has 67 heavy (non-hydrogen) atoms. The van der Waals surface area contributed by atoms with E-state index in [0.29, 0.717) is 19.3 Å². The molecule has 0 aliphatic carbocycles. The second kappa shape index (κ2) is 56.0. The van der Waals surface area contributed by atoms with Crippen molar-refractivity contribution < 1.29 is 28.6 Å². The fraction of sp³-hybridized carbons (Fsp3) is 0.820. The maximum atomic E-state index is 12.7. The highest BCUT2D eigenvalue weighted by atomic mass is 16.6. The minimum Gasteiger partial charge on any atom is -0.462 e. The molecule has 0 N–H and O–H groups in total. The van der Waals surface area contributed by atoms with Gasteiger partial charge in [-0.15, -0.1) is 0 Å². The van der Waals surface area contributed by atoms with E-state index in [1.165, 1.54) is 180 Å². The first kappa shape index (κ1) is 64.4. The third-order valence-corrected chi connectivity index (χ3v) is 12.8. The molecule has 1 atom stereocenters. The molecular formula is C61H110O6. The van der Waals surface area contributed by atoms with Crippen LogP contribution in [0.2, 0.25) is 0 Å². The molecule has 0 bridgehead atoms. The number of hydrogen-bond donors (Lipinski definition) is 0. The molecule has 0 saturated carbocycles. The zero-order valence-corrected chi connectivity index (χ0v) is 44.7. The molecule has 1 unspecified atom stereocenters. The first-order chi connectivity index (χ1) is 33.0. The Labute approximate surface area is 416 Å². The molecule has 0 aromatic carbocycles. The summed E-state index contributed by atoms with van der Waals surface area (Å²) in [6.45, 7) is 6.51. The van der Waals surface area contributed by atoms with Crippen molar-refractivity contribution in [1.29, 1.82) is 0 Å². The Balaban J connectivity index is 3.96. The minimum absolute atomic E-state index is 0.0671. The molecule has 0 fully saturated rings. The molecule has 0 spiro atoms. The Morgan fingerprint density at radius 2 is 0.582 bits per heavy atom. The van der Waals surface area contributed by atoms with Crippen molar-refractivity contribution in [3.63, 3.8) is 0 Å². The van der Waals surface area contributed by atoms with Crippen LogP contribution < -0.4 is 0 Å². The number of unbranched alkanes of at least 4 members (excludes halogenated alkanes) is 34. The van der Waals surface area contributed by atoms with Gasteiger partial charge >= 0.3 is 17.9 Å². The summed E-state index contributed by atoms with van der Waals surface area (Å²) in [4.78, 5) is 37.8. The molecule has 0 aromatic rings. The van der Waals surface area contributed by atoms with Crippen LogP contribution in [0.15, 0.2) is 48.6 Å². The van der Waals surface area contributed by atoms with E-state index < -0.39 is 6.10 Å². The summed E-state index contributed by atoms with van der Waals surface area (Å²) in [5.41, 5.74) is 0. The van der Waals surface area contributed by atoms with Crippen LogP contribution in [0.3, 0.4) is 0 Å². The van der Waals surface area contributed by atoms with Crippen molar-refractivity contribution in [3.05, 3.63) is 48.6 Å². The van der Waals surface area contributed by atoms with Crippen molar-refractivity contribution >= 4 is 17.9 Å². The number of ether oxygens (including phenoxy) is 3. The summed E-state index contributed by atoms with van der Waals surface area (Å²) in [6, 6.07) is 0. The first-order valence-electron chi connectivity index (χ1n) is 29.1. The summed E-state index contributed by atoms with van der Waals surface area (Å²) in [6.07, 6.45) is 68.6. The molecule has 0 radical (unpaired) electrons. The summed E-state index contributed by atoms with van der Waals surface area (Å²) in [7, 11) is 0. The normalized spacial score (nSPS) is 12.3. The Kier molecular flexibility index (Phi) is 53.8. The minimum atomic E-state index is -0.764. The lowest BCUT2D eigenvalue weighted by Crippen LogP contribution is -2.30. The van der Waals surface area contributed by atoms with Gasteiger partial charge in [0, 0.05) is 19.3 Å². The van der Waals surface area contributed by atoms with Crippen molar-refractivity contribution in [2.24, 2.45) is 0 Å². The average Bonchev–Trinajstić information content (AvgIpc) is 3.33. The second-order valence-electron chi connectivity index (χ2n) is 19.5. The van der Waals surface area contributed by atoms with Crippen LogP contribution in [0.25, 0.3) is 0 Å². The monoisotopic (exact) mass is 939 g/mol. The fourth-order valence-corrected chi connectivity index (χ4v) is 8.49. The van der Waals surface area contributed by atoms with Gasteiger partial charge in [0.1, 0.15) is 13.2 Å². The topological polar surface area (TPSA) is 78.9 Å². The van der Waals surface area contributed by atoms with Gasteiger partial charge in [0.2, 0.25) is 0 Å². The maximum absolute atomic E-state index is 12.7. The van der Waals surface area contributed by atoms with Crippen molar-refractivity contribution in [1.82, 2.24) is 0 Å². The van der Waals surface area contributed by atoms with E-state index in [1.54, 1.807) is 0 Å². The van der Waals surface area contributed by atoms with Gasteiger partial charge in [0.15, 0.2) is 6.10 Å². The Morgan fingerprint density at radius 1 is 0.313 bits per heavy atom. The van der Waals surface area contributed by atoms with Crippen molar-refractivity contribution in [3.8, 4) is 0 Å². The Bertz CT molecular complexity index is 1170. The summed E-state index contributed by atoms with van der Waals surface area (Å²) in [5, 5.41) is 0. The molecule has 6 nitrogen and oxygen atoms in total. The number of rotatable bonds is 53. The van der Waals surface area contributed by atoms with E-state index in [2.05, 4.69) is 69.4 Å². The maximum Gasteiger partial charge on any atom is 0.306 e. The van der Waals surface area contributed by atoms with Crippen LogP contribution in [0.4, 0.5) is 0 Å². The Morgan fingerprint density at radius 3 is 0.910 bits per heavy atom. The number of carbonyl (C=O) groups excluding carboxylic acids is 3. The number of esters is 3. The standard InChI is InChI=1S/C61H110O6/c1-4-7-10-13-16-19-20-21-22-23-24-25-26-27-28-29-30-31-32-33-34-35-36-37-38-39-40-43-45-48-51-54-60(63)66-57-58(67-61(64)55-52-49-46-42-18-15-12-9-6-3)56-65-59(62)53-50-47-44-41-17-14-11-8-5-2/h7,10,16,19,21-22,24-25,58H,4-6,8-9,11-15,17-18,20,23,26-57H2,1-3H3/b10-7-,19-16-,22-21-,25-24-. The highest BCUT2D eigenvalue weighted by Crippen LogP contribution is 2.17. The lowest BCUT2D eigenvalue weighted by Gasteiger charge is -2.18. The third kappa shape index (κ3) is 54.2. The van der Waals surface area contributed by atoms with E-state index in [4.69, 9.17) is 14.2 Å². The van der Waals surface area contributed by atoms with Gasteiger partial charge in [-0.25, -0.2) is 0 Å². The number of carbonyl (C=O) groups is 3. The fourth-order valence-electron chi connectivity index (χ4n) is 8.49. The largest absolute Gasteiger partial charge is 0.462 e. The van der Waals surface area contributed by atoms with Crippen molar-refractivity contribution in [2.75, 3.05) is 13.2 Å². The van der Waals surface area contributed by atoms with Crippen molar-refractivity contribution in [2.45, 2.75) is 309 Å².